The number of benzene rings is 1. The Hall–Kier alpha value is -2.53. The molecule has 178 valence electrons. The average Bonchev–Trinajstić information content (AvgIpc) is 3.45. The van der Waals surface area contributed by atoms with Crippen molar-refractivity contribution >= 4 is 29.3 Å². The van der Waals surface area contributed by atoms with Crippen LogP contribution in [0.1, 0.15) is 33.6 Å². The second-order valence-electron chi connectivity index (χ2n) is 7.37. The van der Waals surface area contributed by atoms with Gasteiger partial charge in [0.1, 0.15) is 24.0 Å². The molecule has 1 fully saturated rings. The highest BCUT2D eigenvalue weighted by molar-refractivity contribution is 6.32. The molecule has 0 radical (unpaired) electrons. The summed E-state index contributed by atoms with van der Waals surface area (Å²) in [7, 11) is 0.833. The van der Waals surface area contributed by atoms with Crippen LogP contribution >= 0.6 is 11.6 Å². The number of rotatable bonds is 7. The number of carbonyl (C=O) groups excluding carboxylic acids is 2. The number of urea groups is 1. The van der Waals surface area contributed by atoms with Crippen LogP contribution in [0.2, 0.25) is 5.02 Å². The van der Waals surface area contributed by atoms with Crippen molar-refractivity contribution in [2.75, 3.05) is 18.7 Å². The summed E-state index contributed by atoms with van der Waals surface area (Å²) < 4.78 is 64.9. The number of ether oxygens (including phenoxy) is 2. The van der Waals surface area contributed by atoms with Crippen LogP contribution in [0.5, 0.6) is 5.75 Å². The number of allylic oxidation sites excluding steroid dienone is 2. The zero-order valence-corrected chi connectivity index (χ0v) is 18.6. The number of aliphatic hydroxyl groups is 1. The molecule has 0 atom stereocenters. The summed E-state index contributed by atoms with van der Waals surface area (Å²) in [5.74, 6) is -1.94. The molecule has 1 aromatic carbocycles. The fourth-order valence-corrected chi connectivity index (χ4v) is 3.06. The van der Waals surface area contributed by atoms with Gasteiger partial charge in [-0.1, -0.05) is 17.7 Å². The number of hydrogen-bond donors (Lipinski definition) is 1. The SMILES string of the molecule is C/C=C(\N(C)C(=O)N(CO)c1cc(OC2(C(=O)OC(C)C)CC2)c(Cl)cc1F)C(F)(F)F. The van der Waals surface area contributed by atoms with Crippen molar-refractivity contribution in [3.8, 4) is 5.75 Å². The van der Waals surface area contributed by atoms with Crippen molar-refractivity contribution in [3.63, 3.8) is 0 Å². The molecule has 1 N–H and O–H groups in total. The molecule has 0 aromatic heterocycles. The first-order valence-corrected chi connectivity index (χ1v) is 9.94. The van der Waals surface area contributed by atoms with E-state index in [1.807, 2.05) is 0 Å². The van der Waals surface area contributed by atoms with Crippen LogP contribution in [0.4, 0.5) is 28.0 Å². The molecule has 1 aromatic rings. The van der Waals surface area contributed by atoms with E-state index in [0.717, 1.165) is 26.1 Å². The van der Waals surface area contributed by atoms with Gasteiger partial charge in [0.25, 0.3) is 0 Å². The molecule has 0 spiro atoms. The molecule has 1 saturated carbocycles. The molecule has 2 rings (SSSR count). The van der Waals surface area contributed by atoms with E-state index >= 15 is 0 Å². The number of hydrogen-bond acceptors (Lipinski definition) is 5. The summed E-state index contributed by atoms with van der Waals surface area (Å²) in [5, 5.41) is 9.40. The van der Waals surface area contributed by atoms with Crippen LogP contribution in [0.25, 0.3) is 0 Å². The molecule has 0 heterocycles. The van der Waals surface area contributed by atoms with Crippen LogP contribution in [-0.2, 0) is 9.53 Å². The Morgan fingerprint density at radius 1 is 1.31 bits per heavy atom. The number of alkyl halides is 3. The molecule has 0 bridgehead atoms. The van der Waals surface area contributed by atoms with Crippen molar-refractivity contribution < 1.29 is 41.7 Å². The fourth-order valence-electron chi connectivity index (χ4n) is 2.87. The van der Waals surface area contributed by atoms with Gasteiger partial charge in [-0.05, 0) is 26.8 Å². The summed E-state index contributed by atoms with van der Waals surface area (Å²) in [6.07, 6.45) is -3.98. The van der Waals surface area contributed by atoms with Gasteiger partial charge in [-0.2, -0.15) is 13.2 Å². The third-order valence-electron chi connectivity index (χ3n) is 4.60. The first-order chi connectivity index (χ1) is 14.8. The van der Waals surface area contributed by atoms with Gasteiger partial charge >= 0.3 is 18.2 Å². The standard InChI is InChI=1S/C20H23ClF4N2O5/c1-5-16(20(23,24)25)26(4)18(30)27(10-28)14-9-15(12(21)8-13(14)22)32-19(6-7-19)17(29)31-11(2)3/h5,8-9,11,28H,6-7,10H2,1-4H3/b16-5-. The predicted octanol–water partition coefficient (Wildman–Crippen LogP) is 4.62. The number of aliphatic hydroxyl groups excluding tert-OH is 1. The van der Waals surface area contributed by atoms with E-state index in [-0.39, 0.29) is 15.7 Å². The quantitative estimate of drug-likeness (QED) is 0.348. The third-order valence-corrected chi connectivity index (χ3v) is 4.90. The molecule has 12 heteroatoms. The molecule has 0 unspecified atom stereocenters. The lowest BCUT2D eigenvalue weighted by Gasteiger charge is -2.29. The number of amides is 2. The molecule has 0 saturated heterocycles. The maximum absolute atomic E-state index is 14.6. The molecular weight excluding hydrogens is 460 g/mol. The van der Waals surface area contributed by atoms with Crippen molar-refractivity contribution in [2.24, 2.45) is 0 Å². The average molecular weight is 483 g/mol. The van der Waals surface area contributed by atoms with Crippen LogP contribution in [-0.4, -0.2) is 53.7 Å². The van der Waals surface area contributed by atoms with E-state index in [1.54, 1.807) is 13.8 Å². The first kappa shape index (κ1) is 25.7. The summed E-state index contributed by atoms with van der Waals surface area (Å²) >= 11 is 6.02. The van der Waals surface area contributed by atoms with Gasteiger partial charge in [-0.3, -0.25) is 9.80 Å². The Morgan fingerprint density at radius 3 is 2.34 bits per heavy atom. The maximum Gasteiger partial charge on any atom is 0.431 e. The third kappa shape index (κ3) is 5.44. The predicted molar refractivity (Wildman–Crippen MR) is 108 cm³/mol. The van der Waals surface area contributed by atoms with Crippen LogP contribution < -0.4 is 9.64 Å². The van der Waals surface area contributed by atoms with Gasteiger partial charge in [-0.25, -0.2) is 14.0 Å². The number of nitrogens with zero attached hydrogens (tertiary/aromatic N) is 2. The van der Waals surface area contributed by atoms with Gasteiger partial charge in [0.05, 0.1) is 16.8 Å². The normalized spacial score (nSPS) is 15.4. The Morgan fingerprint density at radius 2 is 1.91 bits per heavy atom. The lowest BCUT2D eigenvalue weighted by atomic mass is 10.2. The van der Waals surface area contributed by atoms with Gasteiger partial charge in [0.2, 0.25) is 5.60 Å². The van der Waals surface area contributed by atoms with Crippen molar-refractivity contribution in [1.29, 1.82) is 0 Å². The Bertz CT molecular complexity index is 916. The zero-order valence-electron chi connectivity index (χ0n) is 17.8. The minimum atomic E-state index is -4.86. The minimum Gasteiger partial charge on any atom is -0.474 e. The van der Waals surface area contributed by atoms with Crippen LogP contribution in [0, 0.1) is 5.82 Å². The van der Waals surface area contributed by atoms with Crippen molar-refractivity contribution in [3.05, 3.63) is 34.7 Å². The van der Waals surface area contributed by atoms with Crippen LogP contribution in [0.15, 0.2) is 23.9 Å². The largest absolute Gasteiger partial charge is 0.474 e. The van der Waals surface area contributed by atoms with E-state index in [2.05, 4.69) is 0 Å². The van der Waals surface area contributed by atoms with Gasteiger partial charge < -0.3 is 14.6 Å². The Kier molecular flexibility index (Phi) is 7.67. The van der Waals surface area contributed by atoms with Gasteiger partial charge in [0.15, 0.2) is 0 Å². The highest BCUT2D eigenvalue weighted by Crippen LogP contribution is 2.45. The van der Waals surface area contributed by atoms with E-state index in [0.29, 0.717) is 23.8 Å². The molecule has 7 nitrogen and oxygen atoms in total. The Labute approximate surface area is 187 Å². The van der Waals surface area contributed by atoms with E-state index in [4.69, 9.17) is 21.1 Å². The summed E-state index contributed by atoms with van der Waals surface area (Å²) in [5.41, 5.74) is -3.23. The Balaban J connectivity index is 2.38. The summed E-state index contributed by atoms with van der Waals surface area (Å²) in [6, 6.07) is 0.350. The number of esters is 1. The molecule has 32 heavy (non-hydrogen) atoms. The smallest absolute Gasteiger partial charge is 0.431 e. The van der Waals surface area contributed by atoms with E-state index in [9.17, 15) is 32.3 Å². The number of halogens is 5. The molecule has 0 aliphatic heterocycles. The molecule has 2 amide bonds. The minimum absolute atomic E-state index is 0.197. The topological polar surface area (TPSA) is 79.3 Å². The second-order valence-corrected chi connectivity index (χ2v) is 7.77. The summed E-state index contributed by atoms with van der Waals surface area (Å²) in [6.45, 7) is 3.24. The monoisotopic (exact) mass is 482 g/mol. The van der Waals surface area contributed by atoms with Crippen LogP contribution in [0.3, 0.4) is 0 Å². The molecular formula is C20H23ClF4N2O5. The lowest BCUT2D eigenvalue weighted by molar-refractivity contribution is -0.158. The second kappa shape index (κ2) is 9.53. The van der Waals surface area contributed by atoms with Crippen molar-refractivity contribution in [1.82, 2.24) is 4.90 Å². The lowest BCUT2D eigenvalue weighted by Crippen LogP contribution is -2.44. The number of carbonyl (C=O) groups is 2. The van der Waals surface area contributed by atoms with E-state index < -0.39 is 53.8 Å². The summed E-state index contributed by atoms with van der Waals surface area (Å²) in [4.78, 5) is 25.5. The van der Waals surface area contributed by atoms with Gasteiger partial charge in [0, 0.05) is 26.0 Å². The number of anilines is 1. The first-order valence-electron chi connectivity index (χ1n) is 9.56. The van der Waals surface area contributed by atoms with Crippen molar-refractivity contribution in [2.45, 2.75) is 51.5 Å². The molecule has 1 aliphatic rings. The highest BCUT2D eigenvalue weighted by atomic mass is 35.5. The van der Waals surface area contributed by atoms with E-state index in [1.165, 1.54) is 0 Å². The fraction of sp³-hybridized carbons (Fsp3) is 0.500. The van der Waals surface area contributed by atoms with Gasteiger partial charge in [-0.15, -0.1) is 0 Å². The maximum atomic E-state index is 14.6. The molecule has 1 aliphatic carbocycles. The zero-order chi connectivity index (χ0) is 24.4. The highest BCUT2D eigenvalue weighted by Gasteiger charge is 2.55.